The Morgan fingerprint density at radius 3 is 2.65 bits per heavy atom. The van der Waals surface area contributed by atoms with E-state index >= 15 is 0 Å². The lowest BCUT2D eigenvalue weighted by Gasteiger charge is -2.43. The molecule has 90 valence electrons. The first-order valence-corrected chi connectivity index (χ1v) is 6.40. The summed E-state index contributed by atoms with van der Waals surface area (Å²) >= 11 is 0. The molecule has 2 N–H and O–H groups in total. The minimum absolute atomic E-state index is 0.0735. The number of nitrogens with one attached hydrogen (secondary N) is 2. The number of hydrogen-bond acceptors (Lipinski definition) is 2. The van der Waals surface area contributed by atoms with E-state index in [4.69, 9.17) is 0 Å². The predicted molar refractivity (Wildman–Crippen MR) is 68.1 cm³/mol. The van der Waals surface area contributed by atoms with E-state index in [2.05, 4.69) is 16.7 Å². The Bertz CT molecular complexity index is 461. The summed E-state index contributed by atoms with van der Waals surface area (Å²) < 4.78 is 0. The third-order valence-corrected chi connectivity index (χ3v) is 3.85. The van der Waals surface area contributed by atoms with Gasteiger partial charge in [0.05, 0.1) is 5.56 Å². The van der Waals surface area contributed by atoms with Gasteiger partial charge in [0.15, 0.2) is 0 Å². The van der Waals surface area contributed by atoms with Crippen LogP contribution in [-0.4, -0.2) is 11.6 Å². The SMILES string of the molecule is Cc1ccc2c(c1)C(=O)NC1(CCCCC1)N2. The molecular weight excluding hydrogens is 212 g/mol. The minimum atomic E-state index is -0.183. The molecule has 0 saturated heterocycles. The number of fused-ring (bicyclic) bond motifs is 1. The summed E-state index contributed by atoms with van der Waals surface area (Å²) in [6.45, 7) is 2.01. The zero-order chi connectivity index (χ0) is 11.9. The number of anilines is 1. The van der Waals surface area contributed by atoms with Gasteiger partial charge in [0.1, 0.15) is 5.66 Å². The maximum Gasteiger partial charge on any atom is 0.255 e. The molecular formula is C14H18N2O. The van der Waals surface area contributed by atoms with Crippen LogP contribution in [0.2, 0.25) is 0 Å². The molecule has 1 aliphatic heterocycles. The first-order valence-electron chi connectivity index (χ1n) is 6.40. The normalized spacial score (nSPS) is 21.6. The van der Waals surface area contributed by atoms with E-state index in [-0.39, 0.29) is 11.6 Å². The molecule has 1 aromatic carbocycles. The number of amides is 1. The van der Waals surface area contributed by atoms with E-state index in [0.717, 1.165) is 29.7 Å². The van der Waals surface area contributed by atoms with Crippen LogP contribution < -0.4 is 10.6 Å². The first kappa shape index (κ1) is 10.6. The minimum Gasteiger partial charge on any atom is -0.362 e. The molecule has 3 heteroatoms. The molecule has 0 aromatic heterocycles. The topological polar surface area (TPSA) is 41.1 Å². The lowest BCUT2D eigenvalue weighted by Crippen LogP contribution is -2.58. The second kappa shape index (κ2) is 3.76. The molecule has 0 bridgehead atoms. The van der Waals surface area contributed by atoms with E-state index in [0.29, 0.717) is 0 Å². The quantitative estimate of drug-likeness (QED) is 0.719. The summed E-state index contributed by atoms with van der Waals surface area (Å²) in [4.78, 5) is 12.2. The van der Waals surface area contributed by atoms with Crippen LogP contribution >= 0.6 is 0 Å². The van der Waals surface area contributed by atoms with E-state index < -0.39 is 0 Å². The molecule has 1 fully saturated rings. The zero-order valence-electron chi connectivity index (χ0n) is 10.2. The van der Waals surface area contributed by atoms with Gasteiger partial charge < -0.3 is 10.6 Å². The highest BCUT2D eigenvalue weighted by Gasteiger charge is 2.38. The van der Waals surface area contributed by atoms with Gasteiger partial charge in [0.2, 0.25) is 0 Å². The fourth-order valence-corrected chi connectivity index (χ4v) is 2.93. The fraction of sp³-hybridized carbons (Fsp3) is 0.500. The highest BCUT2D eigenvalue weighted by Crippen LogP contribution is 2.34. The molecule has 3 nitrogen and oxygen atoms in total. The molecule has 1 spiro atoms. The van der Waals surface area contributed by atoms with Crippen LogP contribution in [0.4, 0.5) is 5.69 Å². The highest BCUT2D eigenvalue weighted by atomic mass is 16.2. The van der Waals surface area contributed by atoms with E-state index in [1.54, 1.807) is 0 Å². The average Bonchev–Trinajstić information content (AvgIpc) is 2.31. The van der Waals surface area contributed by atoms with Crippen molar-refractivity contribution in [3.63, 3.8) is 0 Å². The average molecular weight is 230 g/mol. The van der Waals surface area contributed by atoms with Crippen molar-refractivity contribution in [3.8, 4) is 0 Å². The fourth-order valence-electron chi connectivity index (χ4n) is 2.93. The molecule has 0 atom stereocenters. The van der Waals surface area contributed by atoms with Crippen LogP contribution in [0.25, 0.3) is 0 Å². The number of aryl methyl sites for hydroxylation is 1. The first-order chi connectivity index (χ1) is 8.19. The molecule has 2 aliphatic rings. The number of benzene rings is 1. The van der Waals surface area contributed by atoms with Crippen molar-refractivity contribution in [1.29, 1.82) is 0 Å². The summed E-state index contributed by atoms with van der Waals surface area (Å²) in [5.41, 5.74) is 2.71. The predicted octanol–water partition coefficient (Wildman–Crippen LogP) is 2.81. The molecule has 1 saturated carbocycles. The van der Waals surface area contributed by atoms with Crippen molar-refractivity contribution in [2.24, 2.45) is 0 Å². The summed E-state index contributed by atoms with van der Waals surface area (Å²) in [6, 6.07) is 6.04. The molecule has 1 aliphatic carbocycles. The van der Waals surface area contributed by atoms with Gasteiger partial charge in [-0.05, 0) is 44.7 Å². The van der Waals surface area contributed by atoms with Crippen molar-refractivity contribution >= 4 is 11.6 Å². The second-order valence-corrected chi connectivity index (χ2v) is 5.27. The molecule has 1 heterocycles. The van der Waals surface area contributed by atoms with Gasteiger partial charge in [0.25, 0.3) is 5.91 Å². The van der Waals surface area contributed by atoms with Crippen LogP contribution in [0.3, 0.4) is 0 Å². The van der Waals surface area contributed by atoms with Crippen molar-refractivity contribution in [1.82, 2.24) is 5.32 Å². The van der Waals surface area contributed by atoms with E-state index in [1.165, 1.54) is 19.3 Å². The van der Waals surface area contributed by atoms with E-state index in [9.17, 15) is 4.79 Å². The molecule has 0 radical (unpaired) electrons. The van der Waals surface area contributed by atoms with Gasteiger partial charge in [-0.2, -0.15) is 0 Å². The Kier molecular flexibility index (Phi) is 2.35. The highest BCUT2D eigenvalue weighted by molar-refractivity contribution is 6.02. The van der Waals surface area contributed by atoms with Crippen molar-refractivity contribution in [2.75, 3.05) is 5.32 Å². The van der Waals surface area contributed by atoms with Gasteiger partial charge >= 0.3 is 0 Å². The monoisotopic (exact) mass is 230 g/mol. The maximum absolute atomic E-state index is 12.2. The smallest absolute Gasteiger partial charge is 0.255 e. The standard InChI is InChI=1S/C14H18N2O/c1-10-5-6-12-11(9-10)13(17)16-14(15-12)7-3-2-4-8-14/h5-6,9,15H,2-4,7-8H2,1H3,(H,16,17). The Morgan fingerprint density at radius 1 is 1.12 bits per heavy atom. The van der Waals surface area contributed by atoms with Gasteiger partial charge in [-0.15, -0.1) is 0 Å². The third kappa shape index (κ3) is 1.79. The lowest BCUT2D eigenvalue weighted by atomic mass is 9.86. The number of carbonyl (C=O) groups excluding carboxylic acids is 1. The molecule has 1 aromatic rings. The van der Waals surface area contributed by atoms with Crippen molar-refractivity contribution in [3.05, 3.63) is 29.3 Å². The van der Waals surface area contributed by atoms with Crippen LogP contribution in [0.15, 0.2) is 18.2 Å². The maximum atomic E-state index is 12.2. The van der Waals surface area contributed by atoms with Crippen LogP contribution in [0.5, 0.6) is 0 Å². The zero-order valence-corrected chi connectivity index (χ0v) is 10.2. The summed E-state index contributed by atoms with van der Waals surface area (Å²) in [6.07, 6.45) is 5.72. The number of hydrogen-bond donors (Lipinski definition) is 2. The Hall–Kier alpha value is -1.51. The summed E-state index contributed by atoms with van der Waals surface area (Å²) in [5, 5.41) is 6.70. The molecule has 17 heavy (non-hydrogen) atoms. The van der Waals surface area contributed by atoms with Crippen LogP contribution in [0.1, 0.15) is 48.0 Å². The molecule has 3 rings (SSSR count). The molecule has 0 unspecified atom stereocenters. The number of rotatable bonds is 0. The largest absolute Gasteiger partial charge is 0.362 e. The van der Waals surface area contributed by atoms with Gasteiger partial charge in [-0.25, -0.2) is 0 Å². The van der Waals surface area contributed by atoms with Crippen LogP contribution in [-0.2, 0) is 0 Å². The van der Waals surface area contributed by atoms with Gasteiger partial charge in [-0.3, -0.25) is 4.79 Å². The Morgan fingerprint density at radius 2 is 1.88 bits per heavy atom. The Balaban J connectivity index is 1.97. The van der Waals surface area contributed by atoms with Crippen LogP contribution in [0, 0.1) is 6.92 Å². The van der Waals surface area contributed by atoms with Gasteiger partial charge in [0, 0.05) is 5.69 Å². The van der Waals surface area contributed by atoms with E-state index in [1.807, 2.05) is 19.1 Å². The van der Waals surface area contributed by atoms with Gasteiger partial charge in [-0.1, -0.05) is 18.1 Å². The third-order valence-electron chi connectivity index (χ3n) is 3.85. The van der Waals surface area contributed by atoms with Crippen molar-refractivity contribution < 1.29 is 4.79 Å². The summed E-state index contributed by atoms with van der Waals surface area (Å²) in [5.74, 6) is 0.0735. The lowest BCUT2D eigenvalue weighted by molar-refractivity contribution is 0.0876. The van der Waals surface area contributed by atoms with Crippen molar-refractivity contribution in [2.45, 2.75) is 44.7 Å². The number of carbonyl (C=O) groups is 1. The molecule has 1 amide bonds. The summed E-state index contributed by atoms with van der Waals surface area (Å²) in [7, 11) is 0. The second-order valence-electron chi connectivity index (χ2n) is 5.27. The Labute approximate surface area is 102 Å².